The SMILES string of the molecule is Cc1oc2ccc(OC(F)(F)c3cccnc3C(F)(F)F)cc2c1C(=O)NC1CCNCC1. The maximum atomic E-state index is 14.7. The van der Waals surface area contributed by atoms with Crippen LogP contribution in [0.15, 0.2) is 40.9 Å². The lowest BCUT2D eigenvalue weighted by Gasteiger charge is -2.23. The first-order valence-corrected chi connectivity index (χ1v) is 10.2. The average Bonchev–Trinajstić information content (AvgIpc) is 3.08. The molecule has 3 aromatic rings. The number of fused-ring (bicyclic) bond motifs is 1. The normalized spacial score (nSPS) is 15.6. The van der Waals surface area contributed by atoms with Gasteiger partial charge in [0.25, 0.3) is 5.91 Å². The highest BCUT2D eigenvalue weighted by Gasteiger charge is 2.46. The number of pyridine rings is 1. The van der Waals surface area contributed by atoms with Gasteiger partial charge in [-0.25, -0.2) is 0 Å². The summed E-state index contributed by atoms with van der Waals surface area (Å²) >= 11 is 0. The third-order valence-corrected chi connectivity index (χ3v) is 5.37. The highest BCUT2D eigenvalue weighted by atomic mass is 19.4. The van der Waals surface area contributed by atoms with E-state index in [-0.39, 0.29) is 28.3 Å². The van der Waals surface area contributed by atoms with Crippen molar-refractivity contribution >= 4 is 16.9 Å². The van der Waals surface area contributed by atoms with Crippen LogP contribution in [0.2, 0.25) is 0 Å². The van der Waals surface area contributed by atoms with Gasteiger partial charge in [-0.1, -0.05) is 0 Å². The summed E-state index contributed by atoms with van der Waals surface area (Å²) in [7, 11) is 0. The van der Waals surface area contributed by atoms with Crippen molar-refractivity contribution in [3.63, 3.8) is 0 Å². The van der Waals surface area contributed by atoms with Crippen LogP contribution in [0, 0.1) is 6.92 Å². The first-order chi connectivity index (χ1) is 15.6. The molecule has 0 radical (unpaired) electrons. The summed E-state index contributed by atoms with van der Waals surface area (Å²) in [6.07, 6.45) is -7.16. The van der Waals surface area contributed by atoms with Gasteiger partial charge in [0.15, 0.2) is 5.69 Å². The van der Waals surface area contributed by atoms with Crippen molar-refractivity contribution in [2.45, 2.75) is 38.1 Å². The molecule has 0 spiro atoms. The third kappa shape index (κ3) is 4.77. The van der Waals surface area contributed by atoms with Crippen LogP contribution >= 0.6 is 0 Å². The van der Waals surface area contributed by atoms with E-state index in [4.69, 9.17) is 4.42 Å². The minimum atomic E-state index is -5.09. The Bertz CT molecular complexity index is 1170. The van der Waals surface area contributed by atoms with Crippen LogP contribution in [0.3, 0.4) is 0 Å². The van der Waals surface area contributed by atoms with Crippen molar-refractivity contribution in [3.05, 3.63) is 59.1 Å². The molecule has 1 aromatic carbocycles. The van der Waals surface area contributed by atoms with Crippen LogP contribution in [0.4, 0.5) is 22.0 Å². The highest BCUT2D eigenvalue weighted by molar-refractivity contribution is 6.07. The van der Waals surface area contributed by atoms with Gasteiger partial charge in [0.05, 0.1) is 11.1 Å². The predicted octanol–water partition coefficient (Wildman–Crippen LogP) is 4.77. The molecule has 0 saturated carbocycles. The lowest BCUT2D eigenvalue weighted by molar-refractivity contribution is -0.196. The van der Waals surface area contributed by atoms with E-state index in [0.29, 0.717) is 6.07 Å². The largest absolute Gasteiger partial charge is 0.461 e. The van der Waals surface area contributed by atoms with Crippen LogP contribution in [0.5, 0.6) is 5.75 Å². The molecule has 4 rings (SSSR count). The molecule has 0 atom stereocenters. The molecule has 0 aliphatic carbocycles. The number of rotatable bonds is 5. The van der Waals surface area contributed by atoms with E-state index < -0.39 is 35.2 Å². The molecule has 176 valence electrons. The number of benzene rings is 1. The van der Waals surface area contributed by atoms with Gasteiger partial charge in [-0.2, -0.15) is 22.0 Å². The highest BCUT2D eigenvalue weighted by Crippen LogP contribution is 2.40. The summed E-state index contributed by atoms with van der Waals surface area (Å²) < 4.78 is 79.2. The van der Waals surface area contributed by atoms with Crippen molar-refractivity contribution in [2.75, 3.05) is 13.1 Å². The summed E-state index contributed by atoms with van der Waals surface area (Å²) in [6.45, 7) is 3.09. The van der Waals surface area contributed by atoms with Gasteiger partial charge < -0.3 is 19.8 Å². The van der Waals surface area contributed by atoms with Crippen LogP contribution in [-0.2, 0) is 12.3 Å². The molecule has 11 heteroatoms. The summed E-state index contributed by atoms with van der Waals surface area (Å²) in [5, 5.41) is 6.32. The average molecular weight is 469 g/mol. The molecule has 33 heavy (non-hydrogen) atoms. The number of alkyl halides is 5. The fraction of sp³-hybridized carbons (Fsp3) is 0.364. The maximum Gasteiger partial charge on any atom is 0.433 e. The number of halogens is 5. The van der Waals surface area contributed by atoms with Gasteiger partial charge in [0.2, 0.25) is 0 Å². The second-order valence-electron chi connectivity index (χ2n) is 7.71. The number of hydrogen-bond acceptors (Lipinski definition) is 5. The molecule has 1 aliphatic heterocycles. The third-order valence-electron chi connectivity index (χ3n) is 5.37. The van der Waals surface area contributed by atoms with E-state index in [2.05, 4.69) is 20.4 Å². The van der Waals surface area contributed by atoms with Gasteiger partial charge >= 0.3 is 12.3 Å². The number of amides is 1. The predicted molar refractivity (Wildman–Crippen MR) is 108 cm³/mol. The Kier molecular flexibility index (Phi) is 6.00. The lowest BCUT2D eigenvalue weighted by Crippen LogP contribution is -2.42. The second-order valence-corrected chi connectivity index (χ2v) is 7.71. The Hall–Kier alpha value is -3.21. The van der Waals surface area contributed by atoms with Gasteiger partial charge in [0.1, 0.15) is 17.1 Å². The first kappa shape index (κ1) is 23.0. The number of piperidine rings is 1. The standard InChI is InChI=1S/C22H20F5N3O3/c1-12-18(20(31)30-13-6-9-28-10-7-13)15-11-14(4-5-17(15)32-12)33-22(26,27)16-3-2-8-29-19(16)21(23,24)25/h2-5,8,11,13,28H,6-7,9-10H2,1H3,(H,30,31). The fourth-order valence-corrected chi connectivity index (χ4v) is 3.84. The number of aromatic nitrogens is 1. The van der Waals surface area contributed by atoms with Crippen molar-refractivity contribution < 1.29 is 35.9 Å². The molecule has 1 saturated heterocycles. The monoisotopic (exact) mass is 469 g/mol. The zero-order valence-electron chi connectivity index (χ0n) is 17.4. The number of ether oxygens (including phenoxy) is 1. The molecule has 1 fully saturated rings. The minimum Gasteiger partial charge on any atom is -0.461 e. The summed E-state index contributed by atoms with van der Waals surface area (Å²) in [4.78, 5) is 15.9. The van der Waals surface area contributed by atoms with Crippen LogP contribution in [0.25, 0.3) is 11.0 Å². The molecule has 1 amide bonds. The number of carbonyl (C=O) groups is 1. The molecular formula is C22H20F5N3O3. The zero-order valence-corrected chi connectivity index (χ0v) is 17.4. The van der Waals surface area contributed by atoms with E-state index in [1.54, 1.807) is 6.92 Å². The van der Waals surface area contributed by atoms with Gasteiger partial charge in [-0.3, -0.25) is 9.78 Å². The number of nitrogens with one attached hydrogen (secondary N) is 2. The first-order valence-electron chi connectivity index (χ1n) is 10.2. The number of carbonyl (C=O) groups excluding carboxylic acids is 1. The Balaban J connectivity index is 1.65. The lowest BCUT2D eigenvalue weighted by atomic mass is 10.0. The number of aryl methyl sites for hydroxylation is 1. The van der Waals surface area contributed by atoms with Crippen molar-refractivity contribution in [3.8, 4) is 5.75 Å². The Labute approximate surface area is 185 Å². The Morgan fingerprint density at radius 1 is 1.18 bits per heavy atom. The molecule has 6 nitrogen and oxygen atoms in total. The van der Waals surface area contributed by atoms with Gasteiger partial charge in [-0.05, 0) is 63.2 Å². The van der Waals surface area contributed by atoms with Crippen molar-refractivity contribution in [1.29, 1.82) is 0 Å². The van der Waals surface area contributed by atoms with Crippen LogP contribution in [0.1, 0.15) is 40.2 Å². The molecule has 0 bridgehead atoms. The van der Waals surface area contributed by atoms with Gasteiger partial charge in [0, 0.05) is 17.6 Å². The molecule has 2 aromatic heterocycles. The van der Waals surface area contributed by atoms with E-state index in [9.17, 15) is 26.7 Å². The number of nitrogens with zero attached hydrogens (tertiary/aromatic N) is 1. The fourth-order valence-electron chi connectivity index (χ4n) is 3.84. The smallest absolute Gasteiger partial charge is 0.433 e. The van der Waals surface area contributed by atoms with E-state index in [1.807, 2.05) is 0 Å². The quantitative estimate of drug-likeness (QED) is 0.527. The van der Waals surface area contributed by atoms with Crippen LogP contribution in [-0.4, -0.2) is 30.0 Å². The topological polar surface area (TPSA) is 76.4 Å². The summed E-state index contributed by atoms with van der Waals surface area (Å²) in [5.74, 6) is -0.568. The second kappa shape index (κ2) is 8.62. The van der Waals surface area contributed by atoms with E-state index in [1.165, 1.54) is 6.07 Å². The van der Waals surface area contributed by atoms with Crippen molar-refractivity contribution in [1.82, 2.24) is 15.6 Å². The van der Waals surface area contributed by atoms with Gasteiger partial charge in [-0.15, -0.1) is 0 Å². The van der Waals surface area contributed by atoms with Crippen molar-refractivity contribution in [2.24, 2.45) is 0 Å². The molecule has 1 aliphatic rings. The minimum absolute atomic E-state index is 0.0433. The number of furan rings is 1. The maximum absolute atomic E-state index is 14.7. The Morgan fingerprint density at radius 3 is 2.61 bits per heavy atom. The van der Waals surface area contributed by atoms with E-state index >= 15 is 0 Å². The molecule has 2 N–H and O–H groups in total. The Morgan fingerprint density at radius 2 is 1.91 bits per heavy atom. The number of hydrogen-bond donors (Lipinski definition) is 2. The molecule has 3 heterocycles. The molecule has 0 unspecified atom stereocenters. The zero-order chi connectivity index (χ0) is 23.8. The summed E-state index contributed by atoms with van der Waals surface area (Å²) in [6, 6.07) is 5.14. The molecular weight excluding hydrogens is 449 g/mol. The van der Waals surface area contributed by atoms with E-state index in [0.717, 1.165) is 50.3 Å². The van der Waals surface area contributed by atoms with Crippen LogP contribution < -0.4 is 15.4 Å². The summed E-state index contributed by atoms with van der Waals surface area (Å²) in [5.41, 5.74) is -2.73.